The molecule has 0 aliphatic rings. The van der Waals surface area contributed by atoms with Gasteiger partial charge in [0.15, 0.2) is 0 Å². The van der Waals surface area contributed by atoms with Crippen molar-refractivity contribution in [3.63, 3.8) is 0 Å². The Morgan fingerprint density at radius 1 is 1.50 bits per heavy atom. The minimum atomic E-state index is -0.559. The number of carbonyl (C=O) groups is 1. The van der Waals surface area contributed by atoms with Gasteiger partial charge in [0, 0.05) is 30.1 Å². The van der Waals surface area contributed by atoms with Gasteiger partial charge >= 0.3 is 5.97 Å². The zero-order valence-electron chi connectivity index (χ0n) is 11.0. The van der Waals surface area contributed by atoms with Gasteiger partial charge in [0.25, 0.3) is 5.69 Å². The lowest BCUT2D eigenvalue weighted by atomic mass is 10.2. The maximum Gasteiger partial charge on any atom is 0.328 e. The highest BCUT2D eigenvalue weighted by molar-refractivity contribution is 5.75. The van der Waals surface area contributed by atoms with Crippen molar-refractivity contribution >= 4 is 11.7 Å². The van der Waals surface area contributed by atoms with E-state index in [2.05, 4.69) is 4.98 Å². The minimum Gasteiger partial charge on any atom is -0.467 e. The number of ether oxygens (including phenoxy) is 1. The number of imidazole rings is 1. The van der Waals surface area contributed by atoms with Crippen molar-refractivity contribution in [2.45, 2.75) is 13.0 Å². The Morgan fingerprint density at radius 3 is 2.90 bits per heavy atom. The molecule has 1 aromatic heterocycles. The van der Waals surface area contributed by atoms with Gasteiger partial charge in [0.1, 0.15) is 11.9 Å². The normalized spacial score (nSPS) is 11.9. The molecule has 2 aromatic rings. The van der Waals surface area contributed by atoms with E-state index in [4.69, 9.17) is 4.74 Å². The van der Waals surface area contributed by atoms with Crippen molar-refractivity contribution < 1.29 is 14.5 Å². The lowest BCUT2D eigenvalue weighted by Gasteiger charge is -2.14. The number of nitro groups is 1. The zero-order valence-corrected chi connectivity index (χ0v) is 11.0. The molecule has 0 saturated carbocycles. The molecule has 0 radical (unpaired) electrons. The summed E-state index contributed by atoms with van der Waals surface area (Å²) < 4.78 is 6.31. The molecule has 0 aliphatic heterocycles. The fourth-order valence-electron chi connectivity index (χ4n) is 1.89. The van der Waals surface area contributed by atoms with E-state index in [0.717, 1.165) is 0 Å². The molecule has 0 aliphatic carbocycles. The van der Waals surface area contributed by atoms with Gasteiger partial charge in [-0.3, -0.25) is 10.1 Å². The topological polar surface area (TPSA) is 87.3 Å². The van der Waals surface area contributed by atoms with Crippen LogP contribution in [0.1, 0.15) is 13.0 Å². The largest absolute Gasteiger partial charge is 0.467 e. The van der Waals surface area contributed by atoms with Gasteiger partial charge in [-0.1, -0.05) is 12.1 Å². The molecular weight excluding hydrogens is 262 g/mol. The number of hydrogen-bond acceptors (Lipinski definition) is 5. The van der Waals surface area contributed by atoms with Gasteiger partial charge in [-0.25, -0.2) is 9.78 Å². The molecule has 104 valence electrons. The summed E-state index contributed by atoms with van der Waals surface area (Å²) in [7, 11) is 1.31. The van der Waals surface area contributed by atoms with Crippen LogP contribution in [0.2, 0.25) is 0 Å². The van der Waals surface area contributed by atoms with E-state index in [-0.39, 0.29) is 5.69 Å². The van der Waals surface area contributed by atoms with Gasteiger partial charge in [0.05, 0.1) is 12.0 Å². The molecule has 7 heteroatoms. The lowest BCUT2D eigenvalue weighted by Crippen LogP contribution is -2.18. The van der Waals surface area contributed by atoms with Crippen LogP contribution in [0.15, 0.2) is 36.7 Å². The van der Waals surface area contributed by atoms with E-state index in [1.807, 2.05) is 0 Å². The molecule has 7 nitrogen and oxygen atoms in total. The van der Waals surface area contributed by atoms with Crippen LogP contribution >= 0.6 is 0 Å². The number of aromatic nitrogens is 2. The number of rotatable bonds is 4. The minimum absolute atomic E-state index is 0.0252. The molecule has 2 rings (SSSR count). The maximum atomic E-state index is 11.6. The monoisotopic (exact) mass is 275 g/mol. The molecule has 0 N–H and O–H groups in total. The first kappa shape index (κ1) is 13.7. The quantitative estimate of drug-likeness (QED) is 0.485. The smallest absolute Gasteiger partial charge is 0.328 e. The zero-order chi connectivity index (χ0) is 14.7. The first-order valence-corrected chi connectivity index (χ1v) is 5.90. The fourth-order valence-corrected chi connectivity index (χ4v) is 1.89. The molecule has 0 spiro atoms. The van der Waals surface area contributed by atoms with Gasteiger partial charge in [0.2, 0.25) is 0 Å². The van der Waals surface area contributed by atoms with E-state index in [1.54, 1.807) is 29.8 Å². The van der Waals surface area contributed by atoms with Crippen molar-refractivity contribution in [3.8, 4) is 11.4 Å². The van der Waals surface area contributed by atoms with Gasteiger partial charge in [-0.05, 0) is 6.92 Å². The second kappa shape index (κ2) is 5.52. The fraction of sp³-hybridized carbons (Fsp3) is 0.231. The lowest BCUT2D eigenvalue weighted by molar-refractivity contribution is -0.384. The Kier molecular flexibility index (Phi) is 3.79. The van der Waals surface area contributed by atoms with E-state index >= 15 is 0 Å². The van der Waals surface area contributed by atoms with Gasteiger partial charge < -0.3 is 9.30 Å². The Hall–Kier alpha value is -2.70. The molecule has 1 heterocycles. The third-order valence-electron chi connectivity index (χ3n) is 2.94. The molecule has 20 heavy (non-hydrogen) atoms. The third kappa shape index (κ3) is 2.51. The molecule has 1 atom stereocenters. The molecule has 0 fully saturated rings. The SMILES string of the molecule is COC(=O)C(C)n1ccnc1-c1cccc([N+](=O)[O-])c1. The maximum absolute atomic E-state index is 11.6. The number of methoxy groups -OCH3 is 1. The van der Waals surface area contributed by atoms with Crippen LogP contribution in [0.4, 0.5) is 5.69 Å². The first-order chi connectivity index (χ1) is 9.54. The molecular formula is C13H13N3O4. The standard InChI is InChI=1S/C13H13N3O4/c1-9(13(17)20-2)15-7-6-14-12(15)10-4-3-5-11(8-10)16(18)19/h3-9H,1-2H3. The summed E-state index contributed by atoms with van der Waals surface area (Å²) >= 11 is 0. The number of nitrogens with zero attached hydrogens (tertiary/aromatic N) is 3. The van der Waals surface area contributed by atoms with Gasteiger partial charge in [-0.15, -0.1) is 0 Å². The summed E-state index contributed by atoms with van der Waals surface area (Å²) in [5.41, 5.74) is 0.544. The summed E-state index contributed by atoms with van der Waals surface area (Å²) in [6, 6.07) is 5.55. The second-order valence-corrected chi connectivity index (χ2v) is 4.16. The number of carbonyl (C=O) groups excluding carboxylic acids is 1. The summed E-state index contributed by atoms with van der Waals surface area (Å²) in [6.07, 6.45) is 3.17. The summed E-state index contributed by atoms with van der Waals surface area (Å²) in [6.45, 7) is 1.67. The van der Waals surface area contributed by atoms with E-state index in [1.165, 1.54) is 25.4 Å². The number of non-ortho nitro benzene ring substituents is 1. The molecule has 0 saturated heterocycles. The Bertz CT molecular complexity index is 651. The number of nitro benzene ring substituents is 1. The van der Waals surface area contributed by atoms with Crippen LogP contribution in [0.5, 0.6) is 0 Å². The third-order valence-corrected chi connectivity index (χ3v) is 2.94. The molecule has 0 amide bonds. The number of benzene rings is 1. The van der Waals surface area contributed by atoms with E-state index in [0.29, 0.717) is 11.4 Å². The van der Waals surface area contributed by atoms with E-state index < -0.39 is 16.9 Å². The average Bonchev–Trinajstić information content (AvgIpc) is 2.95. The summed E-state index contributed by atoms with van der Waals surface area (Å²) in [5.74, 6) is 0.0706. The molecule has 0 bridgehead atoms. The highest BCUT2D eigenvalue weighted by atomic mass is 16.6. The van der Waals surface area contributed by atoms with Crippen LogP contribution in [0.3, 0.4) is 0 Å². The Morgan fingerprint density at radius 2 is 2.25 bits per heavy atom. The van der Waals surface area contributed by atoms with Crippen LogP contribution in [0.25, 0.3) is 11.4 Å². The number of esters is 1. The summed E-state index contributed by atoms with van der Waals surface area (Å²) in [4.78, 5) is 26.1. The highest BCUT2D eigenvalue weighted by Crippen LogP contribution is 2.25. The predicted octanol–water partition coefficient (Wildman–Crippen LogP) is 2.19. The molecule has 1 unspecified atom stereocenters. The molecule has 1 aromatic carbocycles. The van der Waals surface area contributed by atoms with Crippen LogP contribution in [0, 0.1) is 10.1 Å². The van der Waals surface area contributed by atoms with E-state index in [9.17, 15) is 14.9 Å². The first-order valence-electron chi connectivity index (χ1n) is 5.90. The predicted molar refractivity (Wildman–Crippen MR) is 71.0 cm³/mol. The second-order valence-electron chi connectivity index (χ2n) is 4.16. The summed E-state index contributed by atoms with van der Waals surface area (Å²) in [5, 5.41) is 10.8. The number of hydrogen-bond donors (Lipinski definition) is 0. The van der Waals surface area contributed by atoms with Crippen LogP contribution in [-0.4, -0.2) is 27.6 Å². The van der Waals surface area contributed by atoms with Crippen LogP contribution in [-0.2, 0) is 9.53 Å². The van der Waals surface area contributed by atoms with Crippen molar-refractivity contribution in [3.05, 3.63) is 46.8 Å². The van der Waals surface area contributed by atoms with Crippen molar-refractivity contribution in [1.82, 2.24) is 9.55 Å². The highest BCUT2D eigenvalue weighted by Gasteiger charge is 2.19. The van der Waals surface area contributed by atoms with Crippen molar-refractivity contribution in [2.75, 3.05) is 7.11 Å². The van der Waals surface area contributed by atoms with Crippen molar-refractivity contribution in [1.29, 1.82) is 0 Å². The van der Waals surface area contributed by atoms with Crippen molar-refractivity contribution in [2.24, 2.45) is 0 Å². The Balaban J connectivity index is 2.44. The van der Waals surface area contributed by atoms with Gasteiger partial charge in [-0.2, -0.15) is 0 Å². The Labute approximate surface area is 115 Å². The average molecular weight is 275 g/mol. The van der Waals surface area contributed by atoms with Crippen LogP contribution < -0.4 is 0 Å².